The zero-order valence-electron chi connectivity index (χ0n) is 12.3. The molecule has 5 heteroatoms. The number of ketones is 1. The van der Waals surface area contributed by atoms with Crippen molar-refractivity contribution < 1.29 is 19.8 Å². The van der Waals surface area contributed by atoms with Crippen molar-refractivity contribution in [1.29, 1.82) is 0 Å². The molecule has 0 amide bonds. The molecule has 0 saturated heterocycles. The molecule has 116 valence electrons. The molecule has 1 unspecified atom stereocenters. The lowest BCUT2D eigenvalue weighted by atomic mass is 9.91. The molecule has 22 heavy (non-hydrogen) atoms. The lowest BCUT2D eigenvalue weighted by Crippen LogP contribution is -2.13. The van der Waals surface area contributed by atoms with Crippen LogP contribution in [-0.2, 0) is 4.79 Å². The predicted octanol–water partition coefficient (Wildman–Crippen LogP) is 4.04. The Balaban J connectivity index is 2.37. The molecule has 0 radical (unpaired) electrons. The summed E-state index contributed by atoms with van der Waals surface area (Å²) < 4.78 is 0. The third-order valence-corrected chi connectivity index (χ3v) is 4.42. The number of thiophene rings is 1. The molecule has 0 aliphatic rings. The molecule has 1 aromatic carbocycles. The van der Waals surface area contributed by atoms with Gasteiger partial charge in [0.2, 0.25) is 5.78 Å². The first-order valence-electron chi connectivity index (χ1n) is 7.18. The van der Waals surface area contributed by atoms with E-state index in [2.05, 4.69) is 0 Å². The molecular formula is C17H18O4S. The fourth-order valence-electron chi connectivity index (χ4n) is 2.35. The number of carboxylic acids is 1. The number of phenols is 1. The van der Waals surface area contributed by atoms with Crippen molar-refractivity contribution in [3.05, 3.63) is 51.7 Å². The van der Waals surface area contributed by atoms with Crippen LogP contribution in [0.2, 0.25) is 0 Å². The van der Waals surface area contributed by atoms with Crippen LogP contribution in [-0.4, -0.2) is 22.0 Å². The molecule has 0 saturated carbocycles. The van der Waals surface area contributed by atoms with Gasteiger partial charge in [-0.2, -0.15) is 0 Å². The van der Waals surface area contributed by atoms with Gasteiger partial charge < -0.3 is 10.2 Å². The Labute approximate surface area is 133 Å². The van der Waals surface area contributed by atoms with Crippen molar-refractivity contribution in [1.82, 2.24) is 0 Å². The molecule has 2 N–H and O–H groups in total. The number of carbonyl (C=O) groups excluding carboxylic acids is 1. The van der Waals surface area contributed by atoms with Crippen molar-refractivity contribution in [3.63, 3.8) is 0 Å². The third-order valence-electron chi connectivity index (χ3n) is 3.55. The van der Waals surface area contributed by atoms with Crippen LogP contribution in [0, 0.1) is 0 Å². The van der Waals surface area contributed by atoms with E-state index in [1.54, 1.807) is 12.1 Å². The minimum absolute atomic E-state index is 0.0776. The Kier molecular flexibility index (Phi) is 5.33. The van der Waals surface area contributed by atoms with Crippen LogP contribution >= 0.6 is 11.3 Å². The summed E-state index contributed by atoms with van der Waals surface area (Å²) in [4.78, 5) is 24.4. The molecule has 0 bridgehead atoms. The molecule has 2 rings (SSSR count). The van der Waals surface area contributed by atoms with Gasteiger partial charge >= 0.3 is 5.97 Å². The number of carboxylic acid groups (broad SMARTS) is 1. The summed E-state index contributed by atoms with van der Waals surface area (Å²) in [5.41, 5.74) is 0.710. The van der Waals surface area contributed by atoms with Crippen molar-refractivity contribution in [2.24, 2.45) is 0 Å². The van der Waals surface area contributed by atoms with Crippen molar-refractivity contribution >= 4 is 23.1 Å². The number of rotatable bonds is 7. The fraction of sp³-hybridized carbons (Fsp3) is 0.294. The Bertz CT molecular complexity index is 661. The van der Waals surface area contributed by atoms with Gasteiger partial charge in [-0.3, -0.25) is 9.59 Å². The molecule has 2 aromatic rings. The molecule has 0 aliphatic carbocycles. The second-order valence-corrected chi connectivity index (χ2v) is 6.06. The highest BCUT2D eigenvalue weighted by Gasteiger charge is 2.24. The summed E-state index contributed by atoms with van der Waals surface area (Å²) in [6, 6.07) is 7.95. The minimum Gasteiger partial charge on any atom is -0.508 e. The topological polar surface area (TPSA) is 74.6 Å². The van der Waals surface area contributed by atoms with Gasteiger partial charge in [0.15, 0.2) is 0 Å². The molecule has 0 fully saturated rings. The third kappa shape index (κ3) is 3.54. The van der Waals surface area contributed by atoms with Gasteiger partial charge in [0.1, 0.15) is 5.75 Å². The first-order chi connectivity index (χ1) is 10.5. The highest BCUT2D eigenvalue weighted by Crippen LogP contribution is 2.31. The van der Waals surface area contributed by atoms with E-state index in [9.17, 15) is 19.8 Å². The average molecular weight is 318 g/mol. The SMILES string of the molecule is CCCCC(C(=O)O)c1cc(C(=O)c2cccs2)ccc1O. The Morgan fingerprint density at radius 1 is 1.27 bits per heavy atom. The van der Waals surface area contributed by atoms with Gasteiger partial charge in [0.05, 0.1) is 10.8 Å². The maximum absolute atomic E-state index is 12.4. The maximum atomic E-state index is 12.4. The molecular weight excluding hydrogens is 300 g/mol. The Morgan fingerprint density at radius 2 is 2.05 bits per heavy atom. The van der Waals surface area contributed by atoms with E-state index in [1.165, 1.54) is 29.5 Å². The second-order valence-electron chi connectivity index (χ2n) is 5.11. The standard InChI is InChI=1S/C17H18O4S/c1-2-3-5-12(17(20)21)13-10-11(7-8-14(13)18)16(19)15-6-4-9-22-15/h4,6-10,12,18H,2-3,5H2,1H3,(H,20,21). The summed E-state index contributed by atoms with van der Waals surface area (Å²) >= 11 is 1.34. The van der Waals surface area contributed by atoms with Crippen LogP contribution in [0.1, 0.15) is 52.9 Å². The van der Waals surface area contributed by atoms with Crippen LogP contribution in [0.25, 0.3) is 0 Å². The number of aromatic hydroxyl groups is 1. The molecule has 1 atom stereocenters. The number of carbonyl (C=O) groups is 2. The van der Waals surface area contributed by atoms with Gasteiger partial charge in [0, 0.05) is 11.1 Å². The van der Waals surface area contributed by atoms with E-state index in [4.69, 9.17) is 0 Å². The summed E-state index contributed by atoms with van der Waals surface area (Å²) in [6.07, 6.45) is 2.06. The first-order valence-corrected chi connectivity index (χ1v) is 8.06. The van der Waals surface area contributed by atoms with Crippen LogP contribution in [0.5, 0.6) is 5.75 Å². The minimum atomic E-state index is -0.982. The number of hydrogen-bond donors (Lipinski definition) is 2. The number of benzene rings is 1. The number of phenolic OH excluding ortho intramolecular Hbond substituents is 1. The predicted molar refractivity (Wildman–Crippen MR) is 85.8 cm³/mol. The average Bonchev–Trinajstić information content (AvgIpc) is 3.02. The zero-order chi connectivity index (χ0) is 16.1. The lowest BCUT2D eigenvalue weighted by Gasteiger charge is -2.15. The van der Waals surface area contributed by atoms with E-state index in [0.717, 1.165) is 12.8 Å². The van der Waals surface area contributed by atoms with Gasteiger partial charge in [-0.15, -0.1) is 11.3 Å². The van der Waals surface area contributed by atoms with E-state index in [-0.39, 0.29) is 11.5 Å². The van der Waals surface area contributed by atoms with E-state index < -0.39 is 11.9 Å². The highest BCUT2D eigenvalue weighted by molar-refractivity contribution is 7.12. The van der Waals surface area contributed by atoms with Crippen LogP contribution in [0.4, 0.5) is 0 Å². The maximum Gasteiger partial charge on any atom is 0.311 e. The molecule has 4 nitrogen and oxygen atoms in total. The van der Waals surface area contributed by atoms with Crippen molar-refractivity contribution in [3.8, 4) is 5.75 Å². The summed E-state index contributed by atoms with van der Waals surface area (Å²) in [7, 11) is 0. The smallest absolute Gasteiger partial charge is 0.311 e. The largest absolute Gasteiger partial charge is 0.508 e. The van der Waals surface area contributed by atoms with E-state index in [0.29, 0.717) is 22.4 Å². The Hall–Kier alpha value is -2.14. The van der Waals surface area contributed by atoms with Gasteiger partial charge in [-0.1, -0.05) is 25.8 Å². The summed E-state index contributed by atoms with van der Waals surface area (Å²) in [5.74, 6) is -2.01. The van der Waals surface area contributed by atoms with Crippen molar-refractivity contribution in [2.45, 2.75) is 32.1 Å². The normalized spacial score (nSPS) is 12.0. The van der Waals surface area contributed by atoms with Gasteiger partial charge in [0.25, 0.3) is 0 Å². The van der Waals surface area contributed by atoms with Gasteiger partial charge in [-0.25, -0.2) is 0 Å². The Morgan fingerprint density at radius 3 is 2.64 bits per heavy atom. The highest BCUT2D eigenvalue weighted by atomic mass is 32.1. The number of unbranched alkanes of at least 4 members (excludes halogenated alkanes) is 1. The van der Waals surface area contributed by atoms with Crippen LogP contribution < -0.4 is 0 Å². The molecule has 1 aromatic heterocycles. The summed E-state index contributed by atoms with van der Waals surface area (Å²) in [5, 5.41) is 21.2. The quantitative estimate of drug-likeness (QED) is 0.755. The number of hydrogen-bond acceptors (Lipinski definition) is 4. The fourth-order valence-corrected chi connectivity index (χ4v) is 3.03. The van der Waals surface area contributed by atoms with Crippen LogP contribution in [0.3, 0.4) is 0 Å². The molecule has 1 heterocycles. The molecule has 0 spiro atoms. The first kappa shape index (κ1) is 16.2. The number of aliphatic carboxylic acids is 1. The second kappa shape index (κ2) is 7.22. The summed E-state index contributed by atoms with van der Waals surface area (Å²) in [6.45, 7) is 1.98. The lowest BCUT2D eigenvalue weighted by molar-refractivity contribution is -0.139. The van der Waals surface area contributed by atoms with Crippen molar-refractivity contribution in [2.75, 3.05) is 0 Å². The monoisotopic (exact) mass is 318 g/mol. The zero-order valence-corrected chi connectivity index (χ0v) is 13.1. The van der Waals surface area contributed by atoms with Gasteiger partial charge in [-0.05, 0) is 36.1 Å². The van der Waals surface area contributed by atoms with E-state index in [1.807, 2.05) is 12.3 Å². The molecule has 0 aliphatic heterocycles. The van der Waals surface area contributed by atoms with E-state index >= 15 is 0 Å². The van der Waals surface area contributed by atoms with Crippen LogP contribution in [0.15, 0.2) is 35.7 Å².